The van der Waals surface area contributed by atoms with Crippen LogP contribution in [0.5, 0.6) is 0 Å². The first kappa shape index (κ1) is 21.5. The fourth-order valence-electron chi connectivity index (χ4n) is 4.68. The van der Waals surface area contributed by atoms with E-state index in [2.05, 4.69) is 10.5 Å². The first-order valence-electron chi connectivity index (χ1n) is 10.9. The van der Waals surface area contributed by atoms with Crippen LogP contribution in [0.1, 0.15) is 56.4 Å². The minimum Gasteiger partial charge on any atom is -0.355 e. The van der Waals surface area contributed by atoms with E-state index in [-0.39, 0.29) is 34.9 Å². The lowest BCUT2D eigenvalue weighted by molar-refractivity contribution is -0.130. The highest BCUT2D eigenvalue weighted by atomic mass is 19.1. The molecule has 1 saturated carbocycles. The molecule has 1 aromatic heterocycles. The Labute approximate surface area is 180 Å². The summed E-state index contributed by atoms with van der Waals surface area (Å²) in [5.74, 6) is -1.44. The van der Waals surface area contributed by atoms with Gasteiger partial charge in [-0.2, -0.15) is 0 Å². The summed E-state index contributed by atoms with van der Waals surface area (Å²) in [6, 6.07) is 3.78. The quantitative estimate of drug-likeness (QED) is 0.771. The zero-order valence-electron chi connectivity index (χ0n) is 17.7. The molecule has 1 aliphatic carbocycles. The van der Waals surface area contributed by atoms with Crippen molar-refractivity contribution in [2.75, 3.05) is 6.54 Å². The molecule has 0 bridgehead atoms. The normalized spacial score (nSPS) is 22.2. The van der Waals surface area contributed by atoms with Crippen molar-refractivity contribution in [1.82, 2.24) is 15.4 Å². The zero-order valence-corrected chi connectivity index (χ0v) is 17.7. The van der Waals surface area contributed by atoms with Crippen molar-refractivity contribution in [1.29, 1.82) is 0 Å². The smallest absolute Gasteiger partial charge is 0.276 e. The maximum Gasteiger partial charge on any atom is 0.276 e. The van der Waals surface area contributed by atoms with Gasteiger partial charge in [-0.1, -0.05) is 31.8 Å². The Morgan fingerprint density at radius 1 is 1.26 bits per heavy atom. The van der Waals surface area contributed by atoms with Crippen molar-refractivity contribution in [3.8, 4) is 11.3 Å². The molecule has 2 aromatic rings. The average Bonchev–Trinajstić information content (AvgIpc) is 3.40. The minimum absolute atomic E-state index is 0.00681. The fraction of sp³-hybridized carbons (Fsp3) is 0.522. The lowest BCUT2D eigenvalue weighted by Crippen LogP contribution is -2.63. The van der Waals surface area contributed by atoms with Crippen LogP contribution in [0, 0.1) is 23.5 Å². The highest BCUT2D eigenvalue weighted by Gasteiger charge is 2.41. The van der Waals surface area contributed by atoms with E-state index >= 15 is 0 Å². The number of carbonyl (C=O) groups is 2. The number of amides is 2. The van der Waals surface area contributed by atoms with Crippen molar-refractivity contribution >= 4 is 11.8 Å². The molecule has 166 valence electrons. The van der Waals surface area contributed by atoms with E-state index in [1.165, 1.54) is 12.1 Å². The molecule has 8 heteroatoms. The van der Waals surface area contributed by atoms with Crippen LogP contribution in [0.4, 0.5) is 8.78 Å². The molecule has 1 saturated heterocycles. The van der Waals surface area contributed by atoms with Gasteiger partial charge in [0.15, 0.2) is 11.5 Å². The van der Waals surface area contributed by atoms with Gasteiger partial charge in [0.2, 0.25) is 5.91 Å². The van der Waals surface area contributed by atoms with Gasteiger partial charge in [-0.25, -0.2) is 8.78 Å². The molecule has 2 heterocycles. The Morgan fingerprint density at radius 3 is 2.68 bits per heavy atom. The lowest BCUT2D eigenvalue weighted by atomic mass is 9.91. The Hall–Kier alpha value is -2.77. The van der Waals surface area contributed by atoms with E-state index in [0.29, 0.717) is 18.9 Å². The lowest BCUT2D eigenvalue weighted by Gasteiger charge is -2.41. The molecule has 2 fully saturated rings. The van der Waals surface area contributed by atoms with Crippen molar-refractivity contribution in [3.63, 3.8) is 0 Å². The van der Waals surface area contributed by atoms with Crippen LogP contribution < -0.4 is 5.32 Å². The van der Waals surface area contributed by atoms with Crippen molar-refractivity contribution in [2.24, 2.45) is 11.8 Å². The molecule has 2 atom stereocenters. The average molecular weight is 431 g/mol. The van der Waals surface area contributed by atoms with E-state index in [9.17, 15) is 18.4 Å². The molecule has 0 spiro atoms. The molecule has 0 radical (unpaired) electrons. The molecular formula is C23H27F2N3O3. The van der Waals surface area contributed by atoms with Gasteiger partial charge in [0.25, 0.3) is 5.91 Å². The van der Waals surface area contributed by atoms with E-state index in [1.54, 1.807) is 4.90 Å². The number of benzene rings is 1. The first-order chi connectivity index (χ1) is 14.8. The van der Waals surface area contributed by atoms with Crippen molar-refractivity contribution in [2.45, 2.75) is 58.0 Å². The van der Waals surface area contributed by atoms with E-state index in [4.69, 9.17) is 4.52 Å². The number of piperazine rings is 1. The van der Waals surface area contributed by atoms with Gasteiger partial charge >= 0.3 is 0 Å². The van der Waals surface area contributed by atoms with Crippen molar-refractivity contribution in [3.05, 3.63) is 41.6 Å². The predicted molar refractivity (Wildman–Crippen MR) is 110 cm³/mol. The standard InChI is InChI=1S/C23H27F2N3O3/c1-13(2)9-20-22(29)26-19(14-5-3-4-6-14)12-28(20)23(30)18-11-21(31-27-18)16-8-7-15(24)10-17(16)25/h7-8,10-11,13-14,19-20H,3-6,9,12H2,1-2H3,(H,26,29)/t19-,20+/m1/s1. The number of aromatic nitrogens is 1. The Kier molecular flexibility index (Phi) is 6.07. The molecule has 1 aliphatic heterocycles. The second-order valence-corrected chi connectivity index (χ2v) is 8.96. The predicted octanol–water partition coefficient (Wildman–Crippen LogP) is 4.17. The number of hydrogen-bond acceptors (Lipinski definition) is 4. The maximum absolute atomic E-state index is 14.1. The third-order valence-electron chi connectivity index (χ3n) is 6.25. The molecule has 1 N–H and O–H groups in total. The number of nitrogens with zero attached hydrogens (tertiary/aromatic N) is 2. The third kappa shape index (κ3) is 4.48. The molecule has 2 amide bonds. The monoisotopic (exact) mass is 431 g/mol. The van der Waals surface area contributed by atoms with Crippen LogP contribution in [0.25, 0.3) is 11.3 Å². The summed E-state index contributed by atoms with van der Waals surface area (Å²) in [7, 11) is 0. The van der Waals surface area contributed by atoms with Crippen LogP contribution in [-0.2, 0) is 4.79 Å². The van der Waals surface area contributed by atoms with Crippen LogP contribution in [0.15, 0.2) is 28.8 Å². The van der Waals surface area contributed by atoms with Crippen LogP contribution in [0.2, 0.25) is 0 Å². The number of hydrogen-bond donors (Lipinski definition) is 1. The summed E-state index contributed by atoms with van der Waals surface area (Å²) in [6.45, 7) is 4.43. The number of halogens is 2. The van der Waals surface area contributed by atoms with Gasteiger partial charge in [-0.15, -0.1) is 0 Å². The number of carbonyl (C=O) groups excluding carboxylic acids is 2. The molecule has 31 heavy (non-hydrogen) atoms. The molecule has 1 aromatic carbocycles. The minimum atomic E-state index is -0.800. The highest BCUT2D eigenvalue weighted by molar-refractivity contribution is 5.97. The highest BCUT2D eigenvalue weighted by Crippen LogP contribution is 2.32. The molecule has 0 unspecified atom stereocenters. The van der Waals surface area contributed by atoms with Crippen LogP contribution in [0.3, 0.4) is 0 Å². The summed E-state index contributed by atoms with van der Waals surface area (Å²) in [4.78, 5) is 27.9. The van der Waals surface area contributed by atoms with Crippen molar-refractivity contribution < 1.29 is 22.9 Å². The van der Waals surface area contributed by atoms with Crippen LogP contribution >= 0.6 is 0 Å². The van der Waals surface area contributed by atoms with Gasteiger partial charge in [-0.05, 0) is 43.2 Å². The fourth-order valence-corrected chi connectivity index (χ4v) is 4.68. The number of rotatable bonds is 5. The van der Waals surface area contributed by atoms with E-state index < -0.39 is 23.6 Å². The molecule has 4 rings (SSSR count). The van der Waals surface area contributed by atoms with E-state index in [0.717, 1.165) is 37.8 Å². The van der Waals surface area contributed by atoms with Gasteiger partial charge in [0, 0.05) is 24.7 Å². The van der Waals surface area contributed by atoms with Gasteiger partial charge in [0.1, 0.15) is 17.7 Å². The summed E-state index contributed by atoms with van der Waals surface area (Å²) in [6.07, 6.45) is 4.89. The Balaban J connectivity index is 1.60. The van der Waals surface area contributed by atoms with Gasteiger partial charge in [-0.3, -0.25) is 9.59 Å². The van der Waals surface area contributed by atoms with Gasteiger partial charge < -0.3 is 14.7 Å². The summed E-state index contributed by atoms with van der Waals surface area (Å²) in [5.41, 5.74) is 0.0271. The summed E-state index contributed by atoms with van der Waals surface area (Å²) >= 11 is 0. The maximum atomic E-state index is 14.1. The molecular weight excluding hydrogens is 404 g/mol. The Morgan fingerprint density at radius 2 is 2.00 bits per heavy atom. The second kappa shape index (κ2) is 8.77. The molecule has 2 aliphatic rings. The SMILES string of the molecule is CC(C)C[C@H]1C(=O)N[C@@H](C2CCCC2)CN1C(=O)c1cc(-c2ccc(F)cc2F)on1. The zero-order chi connectivity index (χ0) is 22.1. The van der Waals surface area contributed by atoms with E-state index in [1.807, 2.05) is 13.8 Å². The van der Waals surface area contributed by atoms with Gasteiger partial charge in [0.05, 0.1) is 5.56 Å². The first-order valence-corrected chi connectivity index (χ1v) is 10.9. The summed E-state index contributed by atoms with van der Waals surface area (Å²) < 4.78 is 32.5. The van der Waals surface area contributed by atoms with Crippen LogP contribution in [-0.4, -0.2) is 40.5 Å². The second-order valence-electron chi connectivity index (χ2n) is 8.96. The molecule has 6 nitrogen and oxygen atoms in total. The largest absolute Gasteiger partial charge is 0.355 e. The summed E-state index contributed by atoms with van der Waals surface area (Å²) in [5, 5.41) is 6.97. The topological polar surface area (TPSA) is 75.4 Å². The third-order valence-corrected chi connectivity index (χ3v) is 6.25. The Bertz CT molecular complexity index is 969. The number of nitrogens with one attached hydrogen (secondary N) is 1.